The summed E-state index contributed by atoms with van der Waals surface area (Å²) in [5, 5.41) is 11.1. The number of amides is 1. The highest BCUT2D eigenvalue weighted by Gasteiger charge is 2.51. The van der Waals surface area contributed by atoms with Crippen LogP contribution in [-0.2, 0) is 17.6 Å². The molecule has 5 aliphatic rings. The number of carbonyl (C=O) groups is 1. The standard InChI is InChI=1S/C36H37F2N5O2/c1-22(37)35(44)42-18-13-29-30(42)20-43(29)33-27-12-11-26(25-10-4-8-23-7-2-3-9-24(23)25)31(38)32(27)40-34(28(33)19-39)45-21-36-14-5-16-41(36)17-6-15-36/h4,8,10-12,29-30H,1-3,5-7,9,13-18,20-21H2/t29-,30-/m1/s1. The Morgan fingerprint density at radius 2 is 1.87 bits per heavy atom. The van der Waals surface area contributed by atoms with Crippen LogP contribution in [0.25, 0.3) is 22.0 Å². The van der Waals surface area contributed by atoms with Crippen molar-refractivity contribution in [3.63, 3.8) is 0 Å². The molecule has 0 N–H and O–H groups in total. The highest BCUT2D eigenvalue weighted by molar-refractivity contribution is 5.99. The van der Waals surface area contributed by atoms with Gasteiger partial charge >= 0.3 is 0 Å². The summed E-state index contributed by atoms with van der Waals surface area (Å²) < 4.78 is 37.1. The highest BCUT2D eigenvalue weighted by atomic mass is 19.1. The van der Waals surface area contributed by atoms with E-state index < -0.39 is 17.6 Å². The predicted molar refractivity (Wildman–Crippen MR) is 168 cm³/mol. The number of rotatable bonds is 6. The van der Waals surface area contributed by atoms with Crippen LogP contribution in [0, 0.1) is 17.1 Å². The first kappa shape index (κ1) is 28.4. The Kier molecular flexibility index (Phi) is 6.83. The molecule has 4 aliphatic heterocycles. The van der Waals surface area contributed by atoms with Gasteiger partial charge in [-0.1, -0.05) is 30.8 Å². The van der Waals surface area contributed by atoms with Gasteiger partial charge in [-0.05, 0) is 93.6 Å². The molecule has 5 heterocycles. The van der Waals surface area contributed by atoms with Gasteiger partial charge in [0.25, 0.3) is 5.91 Å². The molecule has 3 aromatic rings. The van der Waals surface area contributed by atoms with E-state index in [9.17, 15) is 14.4 Å². The first-order valence-corrected chi connectivity index (χ1v) is 16.4. The number of hydrogen-bond acceptors (Lipinski definition) is 6. The third-order valence-corrected chi connectivity index (χ3v) is 11.2. The number of hydrogen-bond donors (Lipinski definition) is 0. The zero-order chi connectivity index (χ0) is 30.9. The Balaban J connectivity index is 1.24. The van der Waals surface area contributed by atoms with Crippen LogP contribution in [-0.4, -0.2) is 71.1 Å². The monoisotopic (exact) mass is 609 g/mol. The molecule has 9 heteroatoms. The smallest absolute Gasteiger partial charge is 0.282 e. The summed E-state index contributed by atoms with van der Waals surface area (Å²) in [6.45, 7) is 6.50. The average Bonchev–Trinajstić information content (AvgIpc) is 3.72. The zero-order valence-corrected chi connectivity index (χ0v) is 25.5. The van der Waals surface area contributed by atoms with Crippen molar-refractivity contribution >= 4 is 22.5 Å². The molecule has 1 amide bonds. The largest absolute Gasteiger partial charge is 0.475 e. The lowest BCUT2D eigenvalue weighted by atomic mass is 9.85. The van der Waals surface area contributed by atoms with E-state index in [1.165, 1.54) is 16.0 Å². The summed E-state index contributed by atoms with van der Waals surface area (Å²) in [6, 6.07) is 11.9. The molecule has 0 bridgehead atoms. The summed E-state index contributed by atoms with van der Waals surface area (Å²) in [7, 11) is 0. The minimum atomic E-state index is -0.971. The van der Waals surface area contributed by atoms with Crippen molar-refractivity contribution in [2.24, 2.45) is 0 Å². The maximum Gasteiger partial charge on any atom is 0.282 e. The number of aryl methyl sites for hydroxylation is 1. The van der Waals surface area contributed by atoms with Gasteiger partial charge in [0.2, 0.25) is 5.88 Å². The van der Waals surface area contributed by atoms with Crippen LogP contribution in [0.5, 0.6) is 5.88 Å². The lowest BCUT2D eigenvalue weighted by molar-refractivity contribution is -0.130. The van der Waals surface area contributed by atoms with Crippen LogP contribution in [0.3, 0.4) is 0 Å². The van der Waals surface area contributed by atoms with E-state index in [1.54, 1.807) is 0 Å². The molecule has 0 unspecified atom stereocenters. The second kappa shape index (κ2) is 10.8. The fourth-order valence-corrected chi connectivity index (χ4v) is 8.95. The van der Waals surface area contributed by atoms with Gasteiger partial charge < -0.3 is 14.5 Å². The number of aromatic nitrogens is 1. The molecule has 8 rings (SSSR count). The van der Waals surface area contributed by atoms with Crippen molar-refractivity contribution in [3.8, 4) is 23.1 Å². The first-order chi connectivity index (χ1) is 21.9. The van der Waals surface area contributed by atoms with Gasteiger partial charge in [-0.15, -0.1) is 0 Å². The Hall–Kier alpha value is -4.03. The van der Waals surface area contributed by atoms with Gasteiger partial charge in [0, 0.05) is 24.0 Å². The molecule has 0 spiro atoms. The van der Waals surface area contributed by atoms with Crippen molar-refractivity contribution in [1.82, 2.24) is 14.8 Å². The molecule has 4 fully saturated rings. The minimum Gasteiger partial charge on any atom is -0.475 e. The third-order valence-electron chi connectivity index (χ3n) is 11.2. The molecule has 1 aromatic heterocycles. The Morgan fingerprint density at radius 3 is 2.64 bits per heavy atom. The van der Waals surface area contributed by atoms with Crippen LogP contribution >= 0.6 is 0 Å². The number of ether oxygens (including phenoxy) is 1. The van der Waals surface area contributed by atoms with Crippen molar-refractivity contribution in [2.45, 2.75) is 75.4 Å². The predicted octanol–water partition coefficient (Wildman–Crippen LogP) is 6.07. The molecule has 0 radical (unpaired) electrons. The average molecular weight is 610 g/mol. The van der Waals surface area contributed by atoms with Crippen molar-refractivity contribution in [2.75, 3.05) is 37.7 Å². The van der Waals surface area contributed by atoms with Crippen LogP contribution in [0.4, 0.5) is 14.5 Å². The molecule has 2 atom stereocenters. The minimum absolute atomic E-state index is 0.0735. The summed E-state index contributed by atoms with van der Waals surface area (Å²) in [6.07, 6.45) is 9.04. The number of carbonyl (C=O) groups excluding carboxylic acids is 1. The van der Waals surface area contributed by atoms with Gasteiger partial charge in [0.1, 0.15) is 23.8 Å². The van der Waals surface area contributed by atoms with E-state index >= 15 is 4.39 Å². The second-order valence-corrected chi connectivity index (χ2v) is 13.4. The molecule has 2 aromatic carbocycles. The topological polar surface area (TPSA) is 72.7 Å². The number of nitrogens with zero attached hydrogens (tertiary/aromatic N) is 5. The maximum atomic E-state index is 16.9. The van der Waals surface area contributed by atoms with Crippen molar-refractivity contribution in [3.05, 3.63) is 65.2 Å². The lowest BCUT2D eigenvalue weighted by Gasteiger charge is -2.48. The van der Waals surface area contributed by atoms with Gasteiger partial charge in [0.15, 0.2) is 11.6 Å². The van der Waals surface area contributed by atoms with Gasteiger partial charge in [0.05, 0.1) is 23.3 Å². The summed E-state index contributed by atoms with van der Waals surface area (Å²) in [5.74, 6) is -1.92. The second-order valence-electron chi connectivity index (χ2n) is 13.4. The first-order valence-electron chi connectivity index (χ1n) is 16.4. The molecular formula is C36H37F2N5O2. The number of pyridine rings is 1. The number of nitriles is 1. The van der Waals surface area contributed by atoms with Crippen molar-refractivity contribution < 1.29 is 18.3 Å². The van der Waals surface area contributed by atoms with E-state index in [4.69, 9.17) is 9.72 Å². The lowest BCUT2D eigenvalue weighted by Crippen LogP contribution is -2.63. The Bertz CT molecular complexity index is 1770. The summed E-state index contributed by atoms with van der Waals surface area (Å²) in [5.41, 5.74) is 4.85. The zero-order valence-electron chi connectivity index (χ0n) is 25.5. The third kappa shape index (κ3) is 4.36. The van der Waals surface area contributed by atoms with E-state index in [1.807, 2.05) is 24.3 Å². The van der Waals surface area contributed by atoms with Crippen LogP contribution in [0.2, 0.25) is 0 Å². The molecule has 45 heavy (non-hydrogen) atoms. The Labute approximate surface area is 262 Å². The van der Waals surface area contributed by atoms with Gasteiger partial charge in [-0.25, -0.2) is 13.8 Å². The fourth-order valence-electron chi connectivity index (χ4n) is 8.95. The van der Waals surface area contributed by atoms with E-state index in [2.05, 4.69) is 28.5 Å². The van der Waals surface area contributed by atoms with Crippen LogP contribution in [0.15, 0.2) is 42.7 Å². The van der Waals surface area contributed by atoms with Crippen LogP contribution < -0.4 is 9.64 Å². The van der Waals surface area contributed by atoms with E-state index in [-0.39, 0.29) is 34.6 Å². The molecule has 232 valence electrons. The molecule has 1 aliphatic carbocycles. The quantitative estimate of drug-likeness (QED) is 0.316. The van der Waals surface area contributed by atoms with Crippen LogP contribution in [0.1, 0.15) is 61.6 Å². The van der Waals surface area contributed by atoms with E-state index in [0.29, 0.717) is 42.8 Å². The van der Waals surface area contributed by atoms with Gasteiger partial charge in [-0.3, -0.25) is 9.69 Å². The number of fused-ring (bicyclic) bond motifs is 4. The highest BCUT2D eigenvalue weighted by Crippen LogP contribution is 2.46. The SMILES string of the molecule is C=C(F)C(=O)N1CC[C@@H]2[C@H]1CN2c1c(C#N)c(OCC23CCCN2CCC3)nc2c(F)c(-c3cccc4c3CCCC4)ccc12. The fraction of sp³-hybridized carbons (Fsp3) is 0.472. The number of benzene rings is 2. The number of halogens is 2. The molecule has 0 saturated carbocycles. The van der Waals surface area contributed by atoms with Crippen molar-refractivity contribution in [1.29, 1.82) is 5.26 Å². The summed E-state index contributed by atoms with van der Waals surface area (Å²) >= 11 is 0. The molecular weight excluding hydrogens is 572 g/mol. The van der Waals surface area contributed by atoms with Gasteiger partial charge in [-0.2, -0.15) is 5.26 Å². The number of likely N-dealkylation sites (tertiary alicyclic amines) is 1. The Morgan fingerprint density at radius 1 is 1.07 bits per heavy atom. The molecule has 4 saturated heterocycles. The number of anilines is 1. The summed E-state index contributed by atoms with van der Waals surface area (Å²) in [4.78, 5) is 23.3. The van der Waals surface area contributed by atoms with E-state index in [0.717, 1.165) is 70.0 Å². The normalized spacial score (nSPS) is 23.3. The maximum absolute atomic E-state index is 16.9. The molecule has 7 nitrogen and oxygen atoms in total.